The van der Waals surface area contributed by atoms with Crippen LogP contribution in [0.1, 0.15) is 6.42 Å². The van der Waals surface area contributed by atoms with E-state index in [0.717, 1.165) is 12.2 Å². The molecule has 136 valence electrons. The zero-order chi connectivity index (χ0) is 18.5. The second-order valence-electron chi connectivity index (χ2n) is 5.30. The van der Waals surface area contributed by atoms with Crippen molar-refractivity contribution in [1.82, 2.24) is 14.9 Å². The number of halogens is 3. The first-order chi connectivity index (χ1) is 12.5. The Hall–Kier alpha value is -1.96. The van der Waals surface area contributed by atoms with Crippen molar-refractivity contribution in [1.29, 1.82) is 0 Å². The fourth-order valence-electron chi connectivity index (χ4n) is 2.17. The maximum absolute atomic E-state index is 12.8. The third-order valence-corrected chi connectivity index (χ3v) is 5.02. The average Bonchev–Trinajstić information content (AvgIpc) is 2.97. The summed E-state index contributed by atoms with van der Waals surface area (Å²) in [6.45, 7) is 0.507. The third kappa shape index (κ3) is 4.60. The maximum atomic E-state index is 12.8. The fraction of sp³-hybridized carbons (Fsp3) is 0.176. The van der Waals surface area contributed by atoms with E-state index < -0.39 is 0 Å². The molecule has 9 heteroatoms. The molecule has 1 aromatic heterocycles. The van der Waals surface area contributed by atoms with Crippen LogP contribution in [0.5, 0.6) is 5.75 Å². The van der Waals surface area contributed by atoms with Gasteiger partial charge in [-0.15, -0.1) is 10.2 Å². The van der Waals surface area contributed by atoms with E-state index >= 15 is 0 Å². The number of hydrogen-bond donors (Lipinski definition) is 1. The Bertz CT molecular complexity index is 889. The second kappa shape index (κ2) is 8.62. The molecule has 0 saturated carbocycles. The molecule has 3 aromatic rings. The molecule has 3 rings (SSSR count). The molecular weight excluding hydrogens is 398 g/mol. The molecule has 0 amide bonds. The molecule has 0 spiro atoms. The topological polar surface area (TPSA) is 66.0 Å². The summed E-state index contributed by atoms with van der Waals surface area (Å²) in [7, 11) is 0. The van der Waals surface area contributed by atoms with Gasteiger partial charge in [-0.3, -0.25) is 0 Å². The maximum Gasteiger partial charge on any atom is 0.210 e. The van der Waals surface area contributed by atoms with E-state index in [1.807, 2.05) is 0 Å². The highest BCUT2D eigenvalue weighted by molar-refractivity contribution is 7.99. The number of nitrogen functional groups attached to an aromatic ring is 1. The zero-order valence-corrected chi connectivity index (χ0v) is 15.9. The van der Waals surface area contributed by atoms with Gasteiger partial charge in [0.1, 0.15) is 11.6 Å². The van der Waals surface area contributed by atoms with E-state index in [1.165, 1.54) is 28.6 Å². The van der Waals surface area contributed by atoms with Crippen molar-refractivity contribution in [3.8, 4) is 17.1 Å². The van der Waals surface area contributed by atoms with Gasteiger partial charge in [-0.25, -0.2) is 9.07 Å². The third-order valence-electron chi connectivity index (χ3n) is 3.44. The number of aromatic nitrogens is 3. The highest BCUT2D eigenvalue weighted by atomic mass is 35.5. The van der Waals surface area contributed by atoms with Gasteiger partial charge >= 0.3 is 0 Å². The molecule has 0 fully saturated rings. The minimum Gasteiger partial charge on any atom is -0.494 e. The Morgan fingerprint density at radius 3 is 2.62 bits per heavy atom. The molecule has 0 radical (unpaired) electrons. The SMILES string of the molecule is Nn1c(SCCCOc2ccc(F)cc2)nnc1-c1ccc(Cl)cc1Cl. The van der Waals surface area contributed by atoms with Gasteiger partial charge in [0.2, 0.25) is 5.16 Å². The van der Waals surface area contributed by atoms with E-state index in [9.17, 15) is 4.39 Å². The van der Waals surface area contributed by atoms with Crippen LogP contribution in [0.25, 0.3) is 11.4 Å². The summed E-state index contributed by atoms with van der Waals surface area (Å²) < 4.78 is 19.8. The minimum absolute atomic E-state index is 0.285. The summed E-state index contributed by atoms with van der Waals surface area (Å²) in [6.07, 6.45) is 0.770. The van der Waals surface area contributed by atoms with Crippen LogP contribution in [0.2, 0.25) is 10.0 Å². The van der Waals surface area contributed by atoms with Crippen molar-refractivity contribution >= 4 is 35.0 Å². The first-order valence-corrected chi connectivity index (χ1v) is 9.46. The summed E-state index contributed by atoms with van der Waals surface area (Å²) in [6, 6.07) is 11.0. The van der Waals surface area contributed by atoms with E-state index in [0.29, 0.717) is 38.9 Å². The van der Waals surface area contributed by atoms with Gasteiger partial charge in [0.05, 0.1) is 11.6 Å². The molecule has 0 aliphatic rings. The van der Waals surface area contributed by atoms with Crippen molar-refractivity contribution in [2.75, 3.05) is 18.2 Å². The number of nitrogens with two attached hydrogens (primary N) is 1. The first kappa shape index (κ1) is 18.8. The Morgan fingerprint density at radius 2 is 1.88 bits per heavy atom. The van der Waals surface area contributed by atoms with Crippen LogP contribution in [0.4, 0.5) is 4.39 Å². The van der Waals surface area contributed by atoms with E-state index in [4.69, 9.17) is 33.8 Å². The van der Waals surface area contributed by atoms with E-state index in [-0.39, 0.29) is 5.82 Å². The first-order valence-electron chi connectivity index (χ1n) is 7.71. The summed E-state index contributed by atoms with van der Waals surface area (Å²) in [5, 5.41) is 9.78. The summed E-state index contributed by atoms with van der Waals surface area (Å²) in [5.41, 5.74) is 0.664. The van der Waals surface area contributed by atoms with Crippen molar-refractivity contribution < 1.29 is 9.13 Å². The largest absolute Gasteiger partial charge is 0.494 e. The van der Waals surface area contributed by atoms with Gasteiger partial charge in [0.25, 0.3) is 0 Å². The molecule has 0 bridgehead atoms. The summed E-state index contributed by atoms with van der Waals surface area (Å²) in [4.78, 5) is 0. The van der Waals surface area contributed by atoms with Gasteiger partial charge in [-0.1, -0.05) is 35.0 Å². The highest BCUT2D eigenvalue weighted by Gasteiger charge is 2.15. The van der Waals surface area contributed by atoms with Crippen LogP contribution in [0.15, 0.2) is 47.6 Å². The van der Waals surface area contributed by atoms with Gasteiger partial charge in [0.15, 0.2) is 5.82 Å². The van der Waals surface area contributed by atoms with Crippen LogP contribution in [0, 0.1) is 5.82 Å². The average molecular weight is 413 g/mol. The van der Waals surface area contributed by atoms with Crippen molar-refractivity contribution in [2.45, 2.75) is 11.6 Å². The number of benzene rings is 2. The second-order valence-corrected chi connectivity index (χ2v) is 7.21. The predicted octanol–water partition coefficient (Wildman–Crippen LogP) is 4.67. The molecular formula is C17H15Cl2FN4OS. The smallest absolute Gasteiger partial charge is 0.210 e. The Balaban J connectivity index is 1.53. The quantitative estimate of drug-likeness (QED) is 0.347. The van der Waals surface area contributed by atoms with E-state index in [2.05, 4.69) is 10.2 Å². The van der Waals surface area contributed by atoms with Gasteiger partial charge < -0.3 is 10.6 Å². The van der Waals surface area contributed by atoms with Crippen LogP contribution in [-0.4, -0.2) is 27.2 Å². The predicted molar refractivity (Wildman–Crippen MR) is 103 cm³/mol. The molecule has 2 aromatic carbocycles. The van der Waals surface area contributed by atoms with Gasteiger partial charge in [-0.05, 0) is 48.9 Å². The minimum atomic E-state index is -0.285. The molecule has 5 nitrogen and oxygen atoms in total. The van der Waals surface area contributed by atoms with Crippen molar-refractivity contribution in [3.05, 3.63) is 58.3 Å². The monoisotopic (exact) mass is 412 g/mol. The van der Waals surface area contributed by atoms with Crippen LogP contribution >= 0.6 is 35.0 Å². The normalized spacial score (nSPS) is 10.9. The lowest BCUT2D eigenvalue weighted by Crippen LogP contribution is -2.12. The van der Waals surface area contributed by atoms with Gasteiger partial charge in [-0.2, -0.15) is 0 Å². The molecule has 1 heterocycles. The molecule has 0 aliphatic heterocycles. The Labute approximate surface area is 164 Å². The summed E-state index contributed by atoms with van der Waals surface area (Å²) in [5.74, 6) is 7.64. The molecule has 0 unspecified atom stereocenters. The number of hydrogen-bond acceptors (Lipinski definition) is 5. The number of nitrogens with zero attached hydrogens (tertiary/aromatic N) is 3. The number of rotatable bonds is 7. The van der Waals surface area contributed by atoms with E-state index in [1.54, 1.807) is 30.3 Å². The Morgan fingerprint density at radius 1 is 1.12 bits per heavy atom. The van der Waals surface area contributed by atoms with Crippen LogP contribution in [0.3, 0.4) is 0 Å². The standard InChI is InChI=1S/C17H15Cl2FN4OS/c18-11-2-7-14(15(19)10-11)16-22-23-17(24(16)21)26-9-1-8-25-13-5-3-12(20)4-6-13/h2-7,10H,1,8-9,21H2. The highest BCUT2D eigenvalue weighted by Crippen LogP contribution is 2.30. The summed E-state index contributed by atoms with van der Waals surface area (Å²) >= 11 is 13.6. The number of ether oxygens (including phenoxy) is 1. The van der Waals surface area contributed by atoms with Gasteiger partial charge in [0, 0.05) is 16.3 Å². The lowest BCUT2D eigenvalue weighted by Gasteiger charge is -2.07. The van der Waals surface area contributed by atoms with Crippen LogP contribution < -0.4 is 10.6 Å². The van der Waals surface area contributed by atoms with Crippen molar-refractivity contribution in [2.24, 2.45) is 0 Å². The molecule has 2 N–H and O–H groups in total. The lowest BCUT2D eigenvalue weighted by atomic mass is 10.2. The molecule has 0 atom stereocenters. The fourth-order valence-corrected chi connectivity index (χ4v) is 3.44. The van der Waals surface area contributed by atoms with Crippen LogP contribution in [-0.2, 0) is 0 Å². The van der Waals surface area contributed by atoms with Crippen molar-refractivity contribution in [3.63, 3.8) is 0 Å². The number of thioether (sulfide) groups is 1. The molecule has 0 saturated heterocycles. The molecule has 26 heavy (non-hydrogen) atoms. The zero-order valence-electron chi connectivity index (χ0n) is 13.5. The lowest BCUT2D eigenvalue weighted by molar-refractivity contribution is 0.318. The Kier molecular flexibility index (Phi) is 6.24. The molecule has 0 aliphatic carbocycles.